The molecule has 2 aromatic rings. The predicted molar refractivity (Wildman–Crippen MR) is 99.0 cm³/mol. The van der Waals surface area contributed by atoms with Crippen LogP contribution in [0.1, 0.15) is 17.0 Å². The lowest BCUT2D eigenvalue weighted by Crippen LogP contribution is -2.35. The lowest BCUT2D eigenvalue weighted by atomic mass is 9.87. The standard InChI is InChI=1S/C20H24N2O2S/c1-15-8-10-17(11-9-15)25(23,24)22-13-19-18(12-21(2)20(19)14-22)16-6-4-3-5-7-16/h3-11,18-20H,12-14H2,1-2H3/t18-,19-,20-/m0/s1. The molecule has 0 aromatic heterocycles. The van der Waals surface area contributed by atoms with Crippen molar-refractivity contribution < 1.29 is 8.42 Å². The molecular formula is C20H24N2O2S. The lowest BCUT2D eigenvalue weighted by Gasteiger charge is -2.22. The summed E-state index contributed by atoms with van der Waals surface area (Å²) in [6.45, 7) is 4.15. The molecule has 2 aliphatic rings. The van der Waals surface area contributed by atoms with Crippen LogP contribution in [0.4, 0.5) is 0 Å². The van der Waals surface area contributed by atoms with E-state index in [1.807, 2.05) is 25.1 Å². The maximum Gasteiger partial charge on any atom is 0.243 e. The normalized spacial score (nSPS) is 27.5. The molecule has 2 fully saturated rings. The first-order chi connectivity index (χ1) is 12.0. The fraction of sp³-hybridized carbons (Fsp3) is 0.400. The molecular weight excluding hydrogens is 332 g/mol. The average Bonchev–Trinajstić information content (AvgIpc) is 3.18. The Labute approximate surface area is 150 Å². The van der Waals surface area contributed by atoms with Crippen LogP contribution in [0, 0.1) is 12.8 Å². The molecule has 0 amide bonds. The van der Waals surface area contributed by atoms with Crippen molar-refractivity contribution >= 4 is 10.0 Å². The third-order valence-electron chi connectivity index (χ3n) is 5.75. The Morgan fingerprint density at radius 1 is 0.920 bits per heavy atom. The first kappa shape index (κ1) is 16.8. The largest absolute Gasteiger partial charge is 0.301 e. The van der Waals surface area contributed by atoms with Crippen molar-refractivity contribution in [3.63, 3.8) is 0 Å². The number of hydrogen-bond donors (Lipinski definition) is 0. The van der Waals surface area contributed by atoms with Crippen molar-refractivity contribution in [1.82, 2.24) is 9.21 Å². The molecule has 2 saturated heterocycles. The zero-order valence-electron chi connectivity index (χ0n) is 14.7. The van der Waals surface area contributed by atoms with Gasteiger partial charge in [-0.3, -0.25) is 0 Å². The minimum absolute atomic E-state index is 0.297. The lowest BCUT2D eigenvalue weighted by molar-refractivity contribution is 0.296. The van der Waals surface area contributed by atoms with Gasteiger partial charge in [0.2, 0.25) is 10.0 Å². The molecule has 0 saturated carbocycles. The van der Waals surface area contributed by atoms with Crippen LogP contribution < -0.4 is 0 Å². The zero-order valence-corrected chi connectivity index (χ0v) is 15.5. The third kappa shape index (κ3) is 2.90. The minimum Gasteiger partial charge on any atom is -0.301 e. The summed E-state index contributed by atoms with van der Waals surface area (Å²) in [5.41, 5.74) is 2.39. The van der Waals surface area contributed by atoms with Gasteiger partial charge in [-0.2, -0.15) is 4.31 Å². The fourth-order valence-corrected chi connectivity index (χ4v) is 5.82. The smallest absolute Gasteiger partial charge is 0.243 e. The van der Waals surface area contributed by atoms with E-state index in [1.165, 1.54) is 5.56 Å². The summed E-state index contributed by atoms with van der Waals surface area (Å²) in [6.07, 6.45) is 0. The number of rotatable bonds is 3. The molecule has 3 atom stereocenters. The molecule has 0 radical (unpaired) electrons. The zero-order chi connectivity index (χ0) is 17.6. The van der Waals surface area contributed by atoms with Gasteiger partial charge in [-0.05, 0) is 37.6 Å². The van der Waals surface area contributed by atoms with Gasteiger partial charge < -0.3 is 4.90 Å². The summed E-state index contributed by atoms with van der Waals surface area (Å²) in [7, 11) is -1.31. The molecule has 0 N–H and O–H groups in total. The molecule has 25 heavy (non-hydrogen) atoms. The van der Waals surface area contributed by atoms with Crippen molar-refractivity contribution in [1.29, 1.82) is 0 Å². The average molecular weight is 356 g/mol. The Morgan fingerprint density at radius 2 is 1.60 bits per heavy atom. The van der Waals surface area contributed by atoms with Crippen molar-refractivity contribution in [3.05, 3.63) is 65.7 Å². The summed E-state index contributed by atoms with van der Waals surface area (Å²) in [6, 6.07) is 18.0. The number of nitrogens with zero attached hydrogens (tertiary/aromatic N) is 2. The van der Waals surface area contributed by atoms with Crippen LogP contribution in [0.3, 0.4) is 0 Å². The van der Waals surface area contributed by atoms with Crippen LogP contribution in [0.5, 0.6) is 0 Å². The molecule has 0 bridgehead atoms. The summed E-state index contributed by atoms with van der Waals surface area (Å²) >= 11 is 0. The van der Waals surface area contributed by atoms with Gasteiger partial charge in [-0.25, -0.2) is 8.42 Å². The Morgan fingerprint density at radius 3 is 2.28 bits per heavy atom. The van der Waals surface area contributed by atoms with Crippen LogP contribution in [0.25, 0.3) is 0 Å². The molecule has 0 aliphatic carbocycles. The molecule has 5 heteroatoms. The number of hydrogen-bond acceptors (Lipinski definition) is 3. The first-order valence-corrected chi connectivity index (χ1v) is 10.2. The molecule has 132 valence electrons. The molecule has 4 nitrogen and oxygen atoms in total. The van der Waals surface area contributed by atoms with Gasteiger partial charge >= 0.3 is 0 Å². The van der Waals surface area contributed by atoms with E-state index in [9.17, 15) is 8.42 Å². The number of likely N-dealkylation sites (tertiary alicyclic amines) is 1. The maximum atomic E-state index is 13.0. The molecule has 0 spiro atoms. The molecule has 0 unspecified atom stereocenters. The highest BCUT2D eigenvalue weighted by Crippen LogP contribution is 2.42. The molecule has 2 heterocycles. The predicted octanol–water partition coefficient (Wildman–Crippen LogP) is 2.71. The van der Waals surface area contributed by atoms with Crippen molar-refractivity contribution in [2.24, 2.45) is 5.92 Å². The third-order valence-corrected chi connectivity index (χ3v) is 7.60. The second kappa shape index (κ2) is 6.24. The Balaban J connectivity index is 1.61. The SMILES string of the molecule is Cc1ccc(S(=O)(=O)N2C[C@H]3[C@H](c4ccccc4)CN(C)[C@H]3C2)cc1. The van der Waals surface area contributed by atoms with Crippen LogP contribution >= 0.6 is 0 Å². The molecule has 2 aromatic carbocycles. The van der Waals surface area contributed by atoms with Gasteiger partial charge in [-0.15, -0.1) is 0 Å². The highest BCUT2D eigenvalue weighted by Gasteiger charge is 2.49. The maximum absolute atomic E-state index is 13.0. The Bertz CT molecular complexity index is 849. The second-order valence-electron chi connectivity index (χ2n) is 7.32. The summed E-state index contributed by atoms with van der Waals surface area (Å²) in [4.78, 5) is 2.73. The van der Waals surface area contributed by atoms with Crippen LogP contribution in [0.2, 0.25) is 0 Å². The topological polar surface area (TPSA) is 40.6 Å². The van der Waals surface area contributed by atoms with Gasteiger partial charge in [0, 0.05) is 31.6 Å². The van der Waals surface area contributed by atoms with Gasteiger partial charge in [-0.1, -0.05) is 48.0 Å². The van der Waals surface area contributed by atoms with E-state index in [1.54, 1.807) is 16.4 Å². The van der Waals surface area contributed by atoms with E-state index in [2.05, 4.69) is 36.2 Å². The van der Waals surface area contributed by atoms with E-state index >= 15 is 0 Å². The summed E-state index contributed by atoms with van der Waals surface area (Å²) < 4.78 is 27.7. The number of aryl methyl sites for hydroxylation is 1. The number of sulfonamides is 1. The highest BCUT2D eigenvalue weighted by molar-refractivity contribution is 7.89. The molecule has 4 rings (SSSR count). The van der Waals surface area contributed by atoms with Gasteiger partial charge in [0.15, 0.2) is 0 Å². The number of fused-ring (bicyclic) bond motifs is 1. The van der Waals surface area contributed by atoms with Gasteiger partial charge in [0.05, 0.1) is 4.90 Å². The Hall–Kier alpha value is -1.69. The van der Waals surface area contributed by atoms with Crippen LogP contribution in [-0.4, -0.2) is 50.3 Å². The second-order valence-corrected chi connectivity index (χ2v) is 9.26. The minimum atomic E-state index is -3.42. The van der Waals surface area contributed by atoms with Gasteiger partial charge in [0.25, 0.3) is 0 Å². The van der Waals surface area contributed by atoms with E-state index in [-0.39, 0.29) is 0 Å². The highest BCUT2D eigenvalue weighted by atomic mass is 32.2. The van der Waals surface area contributed by atoms with E-state index in [4.69, 9.17) is 0 Å². The summed E-state index contributed by atoms with van der Waals surface area (Å²) in [5.74, 6) is 0.752. The first-order valence-electron chi connectivity index (χ1n) is 8.79. The Kier molecular flexibility index (Phi) is 4.18. The van der Waals surface area contributed by atoms with Crippen molar-refractivity contribution in [2.45, 2.75) is 23.8 Å². The van der Waals surface area contributed by atoms with Crippen molar-refractivity contribution in [2.75, 3.05) is 26.7 Å². The fourth-order valence-electron chi connectivity index (χ4n) is 4.33. The monoisotopic (exact) mass is 356 g/mol. The van der Waals surface area contributed by atoms with Crippen LogP contribution in [0.15, 0.2) is 59.5 Å². The quantitative estimate of drug-likeness (QED) is 0.849. The van der Waals surface area contributed by atoms with Crippen molar-refractivity contribution in [3.8, 4) is 0 Å². The summed E-state index contributed by atoms with van der Waals surface area (Å²) in [5, 5.41) is 0. The number of benzene rings is 2. The van der Waals surface area contributed by atoms with E-state index in [0.29, 0.717) is 35.9 Å². The number of likely N-dealkylation sites (N-methyl/N-ethyl adjacent to an activating group) is 1. The van der Waals surface area contributed by atoms with Crippen LogP contribution in [-0.2, 0) is 10.0 Å². The van der Waals surface area contributed by atoms with E-state index in [0.717, 1.165) is 12.1 Å². The van der Waals surface area contributed by atoms with Gasteiger partial charge in [0.1, 0.15) is 0 Å². The molecule has 2 aliphatic heterocycles. The van der Waals surface area contributed by atoms with E-state index < -0.39 is 10.0 Å².